The molecule has 0 saturated carbocycles. The predicted molar refractivity (Wildman–Crippen MR) is 503 cm³/mol. The first kappa shape index (κ1) is 71.7. The second kappa shape index (κ2) is 30.7. The molecule has 0 atom stereocenters. The van der Waals surface area contributed by atoms with Crippen LogP contribution in [0.25, 0.3) is 201 Å². The smallest absolute Gasteiger partial charge is 0.164 e. The summed E-state index contributed by atoms with van der Waals surface area (Å²) in [4.78, 5) is 16.0. The molecular formula is C118H77N3. The first-order valence-corrected chi connectivity index (χ1v) is 41.6. The lowest BCUT2D eigenvalue weighted by atomic mass is 9.70. The summed E-state index contributed by atoms with van der Waals surface area (Å²) in [5, 5.41) is 0. The molecule has 0 bridgehead atoms. The molecule has 1 aromatic heterocycles. The van der Waals surface area contributed by atoms with Crippen molar-refractivity contribution in [3.63, 3.8) is 0 Å². The van der Waals surface area contributed by atoms with E-state index < -0.39 is 5.41 Å². The molecule has 2 aliphatic rings. The second-order valence-electron chi connectivity index (χ2n) is 31.7. The summed E-state index contributed by atoms with van der Waals surface area (Å²) in [6.45, 7) is 0. The van der Waals surface area contributed by atoms with Gasteiger partial charge in [0.25, 0.3) is 0 Å². The van der Waals surface area contributed by atoms with Crippen molar-refractivity contribution in [1.82, 2.24) is 15.0 Å². The van der Waals surface area contributed by atoms with Crippen molar-refractivity contribution in [3.05, 3.63) is 489 Å². The van der Waals surface area contributed by atoms with Crippen LogP contribution in [0.1, 0.15) is 22.3 Å². The third-order valence-corrected chi connectivity index (χ3v) is 24.5. The van der Waals surface area contributed by atoms with Crippen LogP contribution in [0.4, 0.5) is 0 Å². The molecule has 19 aromatic carbocycles. The third kappa shape index (κ3) is 13.5. The van der Waals surface area contributed by atoms with E-state index in [9.17, 15) is 0 Å². The van der Waals surface area contributed by atoms with Crippen LogP contribution in [0.5, 0.6) is 0 Å². The van der Waals surface area contributed by atoms with Crippen molar-refractivity contribution >= 4 is 0 Å². The van der Waals surface area contributed by atoms with Gasteiger partial charge in [-0.1, -0.05) is 394 Å². The van der Waals surface area contributed by atoms with Gasteiger partial charge in [-0.25, -0.2) is 15.0 Å². The summed E-state index contributed by atoms with van der Waals surface area (Å²) >= 11 is 0. The van der Waals surface area contributed by atoms with Crippen LogP contribution in [-0.4, -0.2) is 15.0 Å². The average Bonchev–Trinajstić information content (AvgIpc) is 1.51. The minimum atomic E-state index is -0.397. The van der Waals surface area contributed by atoms with E-state index in [1.54, 1.807) is 0 Å². The molecule has 0 N–H and O–H groups in total. The molecular weight excluding hydrogens is 1460 g/mol. The van der Waals surface area contributed by atoms with Crippen molar-refractivity contribution in [2.24, 2.45) is 0 Å². The van der Waals surface area contributed by atoms with Crippen LogP contribution in [0.2, 0.25) is 0 Å². The standard InChI is InChI=1S/C118H77N3/c1-3-24-78(25-4-1)84-28-13-32-88(66-84)92-36-17-37-93(70-92)90-34-15-30-86(68-90)80-56-60-82(61-57-80)115-119-116(121-117(120-115)106-49-23-48-104(76-106)102-46-21-39-95(74-102)89-33-14-29-85(67-89)79-26-5-2-6-27-79)83-62-58-81(59-63-83)87-31-16-35-91(69-87)94-38-18-40-96(71-94)97-41-19-42-98(72-97)99-43-20-44-100(73-99)101-45-22-47-103(75-101)105-64-65-110-109-52-9-12-55-113(109)118(114(110)77-105)111-53-10-7-50-107(111)108-51-8-11-54-112(108)118/h1-77H. The largest absolute Gasteiger partial charge is 0.208 e. The van der Waals surface area contributed by atoms with Gasteiger partial charge in [0.2, 0.25) is 0 Å². The molecule has 0 saturated heterocycles. The molecule has 3 nitrogen and oxygen atoms in total. The maximum absolute atomic E-state index is 5.33. The Hall–Kier alpha value is -15.8. The van der Waals surface area contributed by atoms with Gasteiger partial charge in [-0.15, -0.1) is 0 Å². The fourth-order valence-electron chi connectivity index (χ4n) is 18.5. The third-order valence-electron chi connectivity index (χ3n) is 24.5. The number of fused-ring (bicyclic) bond motifs is 10. The molecule has 0 radical (unpaired) electrons. The van der Waals surface area contributed by atoms with Gasteiger partial charge in [0.1, 0.15) is 0 Å². The predicted octanol–water partition coefficient (Wildman–Crippen LogP) is 30.9. The lowest BCUT2D eigenvalue weighted by Gasteiger charge is -2.30. The monoisotopic (exact) mass is 1540 g/mol. The van der Waals surface area contributed by atoms with Crippen LogP contribution >= 0.6 is 0 Å². The van der Waals surface area contributed by atoms with E-state index in [0.29, 0.717) is 17.5 Å². The molecule has 3 heteroatoms. The molecule has 1 heterocycles. The topological polar surface area (TPSA) is 38.7 Å². The first-order chi connectivity index (χ1) is 59.9. The number of hydrogen-bond donors (Lipinski definition) is 0. The van der Waals surface area contributed by atoms with Crippen LogP contribution in [0.15, 0.2) is 467 Å². The van der Waals surface area contributed by atoms with Gasteiger partial charge in [-0.2, -0.15) is 0 Å². The fourth-order valence-corrected chi connectivity index (χ4v) is 18.5. The Balaban J connectivity index is 0.541. The number of rotatable bonds is 16. The zero-order chi connectivity index (χ0) is 80.2. The Morgan fingerprint density at radius 2 is 0.273 bits per heavy atom. The molecule has 0 amide bonds. The zero-order valence-electron chi connectivity index (χ0n) is 66.3. The molecule has 2 aliphatic carbocycles. The van der Waals surface area contributed by atoms with E-state index >= 15 is 0 Å². The van der Waals surface area contributed by atoms with E-state index in [-0.39, 0.29) is 0 Å². The molecule has 1 spiro atoms. The summed E-state index contributed by atoms with van der Waals surface area (Å²) in [5.74, 6) is 1.77. The lowest BCUT2D eigenvalue weighted by Crippen LogP contribution is -2.25. The molecule has 0 unspecified atom stereocenters. The van der Waals surface area contributed by atoms with E-state index in [1.807, 2.05) is 0 Å². The van der Waals surface area contributed by atoms with Crippen LogP contribution in [-0.2, 0) is 5.41 Å². The summed E-state index contributed by atoms with van der Waals surface area (Å²) < 4.78 is 0. The normalized spacial score (nSPS) is 12.0. The SMILES string of the molecule is c1ccc(-c2cccc(-c3cccc(-c4cccc(-c5ccc(-c6nc(-c7ccc(-c8cccc(-c9cccc(-c%10cccc(-c%11cccc(-c%12cccc(-c%13ccc%14c(c%13)C%13(c%15ccccc%15-c%15ccccc%15%13)c%13ccccc%13-%14)c%12)c%11)c%10)c9)c8)cc7)nc(-c7cccc(-c8cccc(-c9cccc(-c%10ccccc%10)c9)c8)c7)n6)cc5)c4)c3)c2)cc1. The minimum absolute atomic E-state index is 0.397. The van der Waals surface area contributed by atoms with Gasteiger partial charge in [0, 0.05) is 16.7 Å². The van der Waals surface area contributed by atoms with E-state index in [4.69, 9.17) is 15.0 Å². The molecule has 121 heavy (non-hydrogen) atoms. The Morgan fingerprint density at radius 3 is 0.537 bits per heavy atom. The summed E-state index contributed by atoms with van der Waals surface area (Å²) in [6.07, 6.45) is 0. The van der Waals surface area contributed by atoms with Gasteiger partial charge < -0.3 is 0 Å². The van der Waals surface area contributed by atoms with E-state index in [1.165, 1.54) is 106 Å². The molecule has 20 aromatic rings. The van der Waals surface area contributed by atoms with E-state index in [0.717, 1.165) is 100 Å². The van der Waals surface area contributed by atoms with Crippen molar-refractivity contribution in [2.45, 2.75) is 5.41 Å². The Kier molecular flexibility index (Phi) is 18.2. The minimum Gasteiger partial charge on any atom is -0.208 e. The number of hydrogen-bond acceptors (Lipinski definition) is 3. The lowest BCUT2D eigenvalue weighted by molar-refractivity contribution is 0.794. The highest BCUT2D eigenvalue weighted by molar-refractivity contribution is 5.97. The van der Waals surface area contributed by atoms with Crippen LogP contribution in [0.3, 0.4) is 0 Å². The van der Waals surface area contributed by atoms with Crippen LogP contribution in [0, 0.1) is 0 Å². The Morgan fingerprint density at radius 1 is 0.107 bits per heavy atom. The second-order valence-corrected chi connectivity index (χ2v) is 31.7. The van der Waals surface area contributed by atoms with E-state index in [2.05, 4.69) is 467 Å². The maximum atomic E-state index is 5.33. The zero-order valence-corrected chi connectivity index (χ0v) is 66.3. The van der Waals surface area contributed by atoms with Gasteiger partial charge in [-0.05, 0) is 262 Å². The number of aromatic nitrogens is 3. The highest BCUT2D eigenvalue weighted by Crippen LogP contribution is 2.63. The first-order valence-electron chi connectivity index (χ1n) is 41.6. The van der Waals surface area contributed by atoms with Crippen molar-refractivity contribution in [2.75, 3.05) is 0 Å². The summed E-state index contributed by atoms with van der Waals surface area (Å²) in [6, 6.07) is 170. The number of nitrogens with zero attached hydrogens (tertiary/aromatic N) is 3. The summed E-state index contributed by atoms with van der Waals surface area (Å²) in [5.41, 5.74) is 42.9. The van der Waals surface area contributed by atoms with Crippen molar-refractivity contribution in [1.29, 1.82) is 0 Å². The molecule has 22 rings (SSSR count). The number of benzene rings is 19. The Labute approximate surface area is 706 Å². The summed E-state index contributed by atoms with van der Waals surface area (Å²) in [7, 11) is 0. The maximum Gasteiger partial charge on any atom is 0.164 e. The highest BCUT2D eigenvalue weighted by atomic mass is 15.0. The van der Waals surface area contributed by atoms with Gasteiger partial charge in [0.15, 0.2) is 17.5 Å². The average molecular weight is 1540 g/mol. The molecule has 0 fully saturated rings. The fraction of sp³-hybridized carbons (Fsp3) is 0.00847. The Bertz CT molecular complexity index is 7320. The molecule has 0 aliphatic heterocycles. The van der Waals surface area contributed by atoms with Crippen molar-refractivity contribution in [3.8, 4) is 201 Å². The highest BCUT2D eigenvalue weighted by Gasteiger charge is 2.51. The quantitative estimate of drug-likeness (QED) is 0.0968. The van der Waals surface area contributed by atoms with Gasteiger partial charge in [-0.3, -0.25) is 0 Å². The van der Waals surface area contributed by atoms with Gasteiger partial charge in [0.05, 0.1) is 5.41 Å². The van der Waals surface area contributed by atoms with Crippen LogP contribution < -0.4 is 0 Å². The molecule has 564 valence electrons. The van der Waals surface area contributed by atoms with Crippen molar-refractivity contribution < 1.29 is 0 Å². The van der Waals surface area contributed by atoms with Gasteiger partial charge >= 0.3 is 0 Å².